The summed E-state index contributed by atoms with van der Waals surface area (Å²) in [4.78, 5) is 14.7. The monoisotopic (exact) mass is 342 g/mol. The maximum Gasteiger partial charge on any atom is 0.275 e. The molecule has 0 aliphatic rings. The molecule has 0 aliphatic carbocycles. The minimum atomic E-state index is -3.63. The summed E-state index contributed by atoms with van der Waals surface area (Å²) in [5, 5.41) is 0. The standard InChI is InChI=1S/C16H26N2O4S/c1-6-18(14-11-9-8-10-12-14)15(19)16(22-5,13(3)4)17-23(20,21)7-2/h8-13,17H,6-7H2,1-5H3. The smallest absolute Gasteiger partial charge is 0.275 e. The number of carbonyl (C=O) groups excluding carboxylic acids is 1. The predicted octanol–water partition coefficient (Wildman–Crippen LogP) is 1.98. The second-order valence-corrected chi connectivity index (χ2v) is 7.50. The molecule has 1 N–H and O–H groups in total. The normalized spacial score (nSPS) is 14.5. The number of nitrogens with one attached hydrogen (secondary N) is 1. The van der Waals surface area contributed by atoms with Crippen LogP contribution in [0.5, 0.6) is 0 Å². The summed E-state index contributed by atoms with van der Waals surface area (Å²) in [5.41, 5.74) is -0.946. The van der Waals surface area contributed by atoms with E-state index in [1.54, 1.807) is 26.0 Å². The Labute approximate surface area is 138 Å². The molecule has 1 atom stereocenters. The van der Waals surface area contributed by atoms with Gasteiger partial charge in [0.2, 0.25) is 15.7 Å². The van der Waals surface area contributed by atoms with Crippen molar-refractivity contribution < 1.29 is 17.9 Å². The molecule has 0 spiro atoms. The number of nitrogens with zero attached hydrogens (tertiary/aromatic N) is 1. The second-order valence-electron chi connectivity index (χ2n) is 5.48. The van der Waals surface area contributed by atoms with Crippen LogP contribution >= 0.6 is 0 Å². The van der Waals surface area contributed by atoms with E-state index < -0.39 is 21.7 Å². The van der Waals surface area contributed by atoms with Crippen LogP contribution in [-0.2, 0) is 19.6 Å². The Morgan fingerprint density at radius 2 is 1.83 bits per heavy atom. The SMILES string of the molecule is CCN(C(=O)C(NS(=O)(=O)CC)(OC)C(C)C)c1ccccc1. The van der Waals surface area contributed by atoms with Gasteiger partial charge < -0.3 is 9.64 Å². The lowest BCUT2D eigenvalue weighted by Gasteiger charge is -2.38. The van der Waals surface area contributed by atoms with Gasteiger partial charge >= 0.3 is 0 Å². The lowest BCUT2D eigenvalue weighted by atomic mass is 9.98. The molecule has 6 nitrogen and oxygen atoms in total. The molecule has 1 rings (SSSR count). The first-order valence-electron chi connectivity index (χ1n) is 7.67. The van der Waals surface area contributed by atoms with E-state index in [1.807, 2.05) is 25.1 Å². The quantitative estimate of drug-likeness (QED) is 0.733. The lowest BCUT2D eigenvalue weighted by Crippen LogP contribution is -2.64. The summed E-state index contributed by atoms with van der Waals surface area (Å²) in [6, 6.07) is 9.11. The van der Waals surface area contributed by atoms with Gasteiger partial charge in [-0.25, -0.2) is 8.42 Å². The highest BCUT2D eigenvalue weighted by atomic mass is 32.2. The molecule has 0 saturated heterocycles. The van der Waals surface area contributed by atoms with Crippen molar-refractivity contribution in [2.75, 3.05) is 24.3 Å². The van der Waals surface area contributed by atoms with Gasteiger partial charge in [0, 0.05) is 25.3 Å². The topological polar surface area (TPSA) is 75.7 Å². The number of ether oxygens (including phenoxy) is 1. The van der Waals surface area contributed by atoms with Crippen molar-refractivity contribution >= 4 is 21.6 Å². The molecule has 1 unspecified atom stereocenters. The Morgan fingerprint density at radius 1 is 1.26 bits per heavy atom. The van der Waals surface area contributed by atoms with Gasteiger partial charge in [-0.1, -0.05) is 32.0 Å². The zero-order valence-corrected chi connectivity index (χ0v) is 15.2. The zero-order chi connectivity index (χ0) is 17.7. The third-order valence-electron chi connectivity index (χ3n) is 3.77. The molecular weight excluding hydrogens is 316 g/mol. The van der Waals surface area contributed by atoms with Gasteiger partial charge in [-0.2, -0.15) is 4.72 Å². The fourth-order valence-electron chi connectivity index (χ4n) is 2.33. The number of rotatable bonds is 8. The van der Waals surface area contributed by atoms with Crippen molar-refractivity contribution in [3.63, 3.8) is 0 Å². The summed E-state index contributed by atoms with van der Waals surface area (Å²) < 4.78 is 32.0. The minimum absolute atomic E-state index is 0.129. The molecule has 7 heteroatoms. The number of methoxy groups -OCH3 is 1. The van der Waals surface area contributed by atoms with Crippen LogP contribution in [0.15, 0.2) is 30.3 Å². The van der Waals surface area contributed by atoms with Gasteiger partial charge in [-0.3, -0.25) is 4.79 Å². The molecule has 0 aliphatic heterocycles. The Kier molecular flexibility index (Phi) is 6.73. The molecule has 0 heterocycles. The Hall–Kier alpha value is -1.44. The lowest BCUT2D eigenvalue weighted by molar-refractivity contribution is -0.148. The van der Waals surface area contributed by atoms with Gasteiger partial charge in [0.25, 0.3) is 5.91 Å². The van der Waals surface area contributed by atoms with Crippen LogP contribution in [0.1, 0.15) is 27.7 Å². The molecule has 0 radical (unpaired) electrons. The summed E-state index contributed by atoms with van der Waals surface area (Å²) in [7, 11) is -2.28. The number of anilines is 1. The molecule has 0 aromatic heterocycles. The summed E-state index contributed by atoms with van der Waals surface area (Å²) in [6.45, 7) is 7.24. The fraction of sp³-hybridized carbons (Fsp3) is 0.562. The molecule has 0 bridgehead atoms. The number of sulfonamides is 1. The van der Waals surface area contributed by atoms with Crippen molar-refractivity contribution in [1.82, 2.24) is 4.72 Å². The molecule has 130 valence electrons. The number of hydrogen-bond donors (Lipinski definition) is 1. The number of carbonyl (C=O) groups is 1. The summed E-state index contributed by atoms with van der Waals surface area (Å²) >= 11 is 0. The fourth-order valence-corrected chi connectivity index (χ4v) is 3.34. The highest BCUT2D eigenvalue weighted by molar-refractivity contribution is 7.89. The Morgan fingerprint density at radius 3 is 2.22 bits per heavy atom. The molecule has 23 heavy (non-hydrogen) atoms. The number of hydrogen-bond acceptors (Lipinski definition) is 4. The van der Waals surface area contributed by atoms with Crippen LogP contribution in [0.4, 0.5) is 5.69 Å². The van der Waals surface area contributed by atoms with Crippen molar-refractivity contribution in [1.29, 1.82) is 0 Å². The first-order valence-corrected chi connectivity index (χ1v) is 9.33. The Balaban J connectivity index is 3.33. The van der Waals surface area contributed by atoms with Crippen LogP contribution in [0.3, 0.4) is 0 Å². The summed E-state index contributed by atoms with van der Waals surface area (Å²) in [6.07, 6.45) is 0. The van der Waals surface area contributed by atoms with Gasteiger partial charge in [0.15, 0.2) is 0 Å². The highest BCUT2D eigenvalue weighted by Gasteiger charge is 2.47. The number of amides is 1. The largest absolute Gasteiger partial charge is 0.354 e. The zero-order valence-electron chi connectivity index (χ0n) is 14.4. The van der Waals surface area contributed by atoms with Gasteiger partial charge in [0.05, 0.1) is 5.75 Å². The maximum atomic E-state index is 13.1. The van der Waals surface area contributed by atoms with E-state index in [2.05, 4.69) is 4.72 Å². The Bertz CT molecular complexity index is 616. The first kappa shape index (κ1) is 19.6. The average Bonchev–Trinajstić information content (AvgIpc) is 2.54. The van der Waals surface area contributed by atoms with Crippen LogP contribution in [0, 0.1) is 5.92 Å². The molecule has 1 amide bonds. The van der Waals surface area contributed by atoms with E-state index in [4.69, 9.17) is 4.74 Å². The maximum absolute atomic E-state index is 13.1. The molecule has 1 aromatic carbocycles. The summed E-state index contributed by atoms with van der Waals surface area (Å²) in [5.74, 6) is -0.949. The van der Waals surface area contributed by atoms with Crippen molar-refractivity contribution in [3.05, 3.63) is 30.3 Å². The number of para-hydroxylation sites is 1. The average molecular weight is 342 g/mol. The van der Waals surface area contributed by atoms with Gasteiger partial charge in [0.1, 0.15) is 0 Å². The first-order chi connectivity index (χ1) is 10.7. The van der Waals surface area contributed by atoms with Gasteiger partial charge in [-0.15, -0.1) is 0 Å². The van der Waals surface area contributed by atoms with Crippen molar-refractivity contribution in [3.8, 4) is 0 Å². The molecular formula is C16H26N2O4S. The van der Waals surface area contributed by atoms with Crippen LogP contribution in [-0.4, -0.2) is 39.5 Å². The number of benzene rings is 1. The number of likely N-dealkylation sites (N-methyl/N-ethyl adjacent to an activating group) is 1. The van der Waals surface area contributed by atoms with Gasteiger partial charge in [-0.05, 0) is 26.0 Å². The van der Waals surface area contributed by atoms with E-state index in [0.29, 0.717) is 12.2 Å². The van der Waals surface area contributed by atoms with Crippen molar-refractivity contribution in [2.45, 2.75) is 33.4 Å². The molecule has 1 aromatic rings. The van der Waals surface area contributed by atoms with E-state index in [1.165, 1.54) is 18.9 Å². The minimum Gasteiger partial charge on any atom is -0.354 e. The van der Waals surface area contributed by atoms with Crippen molar-refractivity contribution in [2.24, 2.45) is 5.92 Å². The predicted molar refractivity (Wildman–Crippen MR) is 91.6 cm³/mol. The highest BCUT2D eigenvalue weighted by Crippen LogP contribution is 2.26. The second kappa shape index (κ2) is 7.90. The van der Waals surface area contributed by atoms with E-state index >= 15 is 0 Å². The van der Waals surface area contributed by atoms with E-state index in [0.717, 1.165) is 0 Å². The third kappa shape index (κ3) is 4.31. The third-order valence-corrected chi connectivity index (χ3v) is 5.14. The van der Waals surface area contributed by atoms with E-state index in [9.17, 15) is 13.2 Å². The van der Waals surface area contributed by atoms with Crippen LogP contribution < -0.4 is 9.62 Å². The van der Waals surface area contributed by atoms with Crippen LogP contribution in [0.25, 0.3) is 0 Å². The van der Waals surface area contributed by atoms with E-state index in [-0.39, 0.29) is 11.7 Å². The molecule has 0 fully saturated rings. The van der Waals surface area contributed by atoms with Crippen LogP contribution in [0.2, 0.25) is 0 Å². The molecule has 0 saturated carbocycles.